The maximum Gasteiger partial charge on any atom is 0.225 e. The Labute approximate surface area is 127 Å². The van der Waals surface area contributed by atoms with Gasteiger partial charge < -0.3 is 4.90 Å². The summed E-state index contributed by atoms with van der Waals surface area (Å²) < 4.78 is 0. The van der Waals surface area contributed by atoms with Crippen molar-refractivity contribution in [1.82, 2.24) is 14.9 Å². The third kappa shape index (κ3) is 3.79. The summed E-state index contributed by atoms with van der Waals surface area (Å²) in [4.78, 5) is 25.6. The number of Topliss-reactive ketones (excluding diaryl/α,β-unsaturated/α-hetero) is 1. The number of nitrogens with zero attached hydrogens (tertiary/aromatic N) is 4. The Balaban J connectivity index is 2.02. The number of anilines is 1. The summed E-state index contributed by atoms with van der Waals surface area (Å²) in [6, 6.07) is 0.583. The van der Waals surface area contributed by atoms with Gasteiger partial charge in [-0.15, -0.1) is 0 Å². The monoisotopic (exact) mass is 290 g/mol. The van der Waals surface area contributed by atoms with Gasteiger partial charge in [-0.2, -0.15) is 0 Å². The van der Waals surface area contributed by atoms with E-state index in [2.05, 4.69) is 33.6 Å². The summed E-state index contributed by atoms with van der Waals surface area (Å²) in [5.41, 5.74) is 0.195. The van der Waals surface area contributed by atoms with Gasteiger partial charge in [0.15, 0.2) is 5.78 Å². The van der Waals surface area contributed by atoms with Gasteiger partial charge in [0.05, 0.1) is 5.56 Å². The molecule has 116 valence electrons. The van der Waals surface area contributed by atoms with Crippen LogP contribution >= 0.6 is 0 Å². The molecule has 0 atom stereocenters. The second-order valence-electron chi connectivity index (χ2n) is 6.97. The van der Waals surface area contributed by atoms with Crippen LogP contribution in [0.4, 0.5) is 5.95 Å². The molecule has 0 radical (unpaired) electrons. The van der Waals surface area contributed by atoms with E-state index in [0.29, 0.717) is 11.6 Å². The highest BCUT2D eigenvalue weighted by Gasteiger charge is 2.24. The molecule has 1 saturated heterocycles. The van der Waals surface area contributed by atoms with Crippen molar-refractivity contribution in [1.29, 1.82) is 0 Å². The number of hydrogen-bond donors (Lipinski definition) is 0. The van der Waals surface area contributed by atoms with Crippen molar-refractivity contribution in [2.45, 2.75) is 40.7 Å². The minimum Gasteiger partial charge on any atom is -0.338 e. The van der Waals surface area contributed by atoms with Gasteiger partial charge >= 0.3 is 0 Å². The zero-order chi connectivity index (χ0) is 15.6. The number of rotatable bonds is 3. The molecule has 0 N–H and O–H groups in total. The molecule has 0 amide bonds. The van der Waals surface area contributed by atoms with E-state index in [9.17, 15) is 4.79 Å². The van der Waals surface area contributed by atoms with Gasteiger partial charge in [-0.1, -0.05) is 20.8 Å². The molecule has 1 aliphatic heterocycles. The van der Waals surface area contributed by atoms with Gasteiger partial charge in [-0.25, -0.2) is 9.97 Å². The van der Waals surface area contributed by atoms with Gasteiger partial charge in [0.25, 0.3) is 0 Å². The van der Waals surface area contributed by atoms with Gasteiger partial charge in [0.1, 0.15) is 0 Å². The van der Waals surface area contributed by atoms with Crippen LogP contribution in [0.3, 0.4) is 0 Å². The third-order valence-corrected chi connectivity index (χ3v) is 3.91. The zero-order valence-electron chi connectivity index (χ0n) is 13.8. The topological polar surface area (TPSA) is 49.3 Å². The van der Waals surface area contributed by atoms with Crippen LogP contribution in [0, 0.1) is 5.41 Å². The summed E-state index contributed by atoms with van der Waals surface area (Å²) in [5, 5.41) is 0. The molecule has 1 aliphatic rings. The second kappa shape index (κ2) is 6.10. The Bertz CT molecular complexity index is 482. The van der Waals surface area contributed by atoms with Gasteiger partial charge in [-0.3, -0.25) is 9.69 Å². The van der Waals surface area contributed by atoms with Crippen molar-refractivity contribution in [2.24, 2.45) is 5.41 Å². The molecule has 0 saturated carbocycles. The molecule has 21 heavy (non-hydrogen) atoms. The summed E-state index contributed by atoms with van der Waals surface area (Å²) in [6.07, 6.45) is 3.31. The number of carbonyl (C=O) groups is 1. The SMILES string of the molecule is CC(C)N1CCN(c2ncc(C(=O)C(C)(C)C)cn2)CC1. The predicted octanol–water partition coefficient (Wildman–Crippen LogP) is 2.24. The largest absolute Gasteiger partial charge is 0.338 e. The van der Waals surface area contributed by atoms with E-state index in [1.165, 1.54) is 0 Å². The first-order valence-electron chi connectivity index (χ1n) is 7.65. The average molecular weight is 290 g/mol. The van der Waals surface area contributed by atoms with E-state index < -0.39 is 5.41 Å². The molecule has 1 aromatic rings. The van der Waals surface area contributed by atoms with Crippen molar-refractivity contribution >= 4 is 11.7 Å². The summed E-state index contributed by atoms with van der Waals surface area (Å²) >= 11 is 0. The number of piperazine rings is 1. The van der Waals surface area contributed by atoms with E-state index in [1.807, 2.05) is 20.8 Å². The molecule has 0 spiro atoms. The fraction of sp³-hybridized carbons (Fsp3) is 0.688. The Hall–Kier alpha value is -1.49. The minimum absolute atomic E-state index is 0.0821. The van der Waals surface area contributed by atoms with Gasteiger partial charge in [0.2, 0.25) is 5.95 Å². The molecule has 2 rings (SSSR count). The normalized spacial score (nSPS) is 17.3. The van der Waals surface area contributed by atoms with E-state index in [0.717, 1.165) is 32.1 Å². The van der Waals surface area contributed by atoms with E-state index >= 15 is 0 Å². The average Bonchev–Trinajstić information content (AvgIpc) is 2.46. The highest BCUT2D eigenvalue weighted by Crippen LogP contribution is 2.20. The van der Waals surface area contributed by atoms with Crippen molar-refractivity contribution in [3.05, 3.63) is 18.0 Å². The molecule has 1 fully saturated rings. The van der Waals surface area contributed by atoms with Crippen LogP contribution in [0.5, 0.6) is 0 Å². The smallest absolute Gasteiger partial charge is 0.225 e. The molecule has 0 aromatic carbocycles. The first kappa shape index (κ1) is 15.9. The Morgan fingerprint density at radius 3 is 2.05 bits per heavy atom. The Morgan fingerprint density at radius 2 is 1.62 bits per heavy atom. The van der Waals surface area contributed by atoms with Crippen molar-refractivity contribution in [3.63, 3.8) is 0 Å². The molecule has 0 aliphatic carbocycles. The summed E-state index contributed by atoms with van der Waals surface area (Å²) in [5.74, 6) is 0.808. The number of ketones is 1. The summed E-state index contributed by atoms with van der Waals surface area (Å²) in [7, 11) is 0. The van der Waals surface area contributed by atoms with Crippen LogP contribution in [-0.4, -0.2) is 52.9 Å². The maximum atomic E-state index is 12.2. The highest BCUT2D eigenvalue weighted by molar-refractivity contribution is 5.99. The lowest BCUT2D eigenvalue weighted by Gasteiger charge is -2.36. The van der Waals surface area contributed by atoms with Crippen LogP contribution in [0.2, 0.25) is 0 Å². The lowest BCUT2D eigenvalue weighted by molar-refractivity contribution is 0.0857. The zero-order valence-corrected chi connectivity index (χ0v) is 13.8. The van der Waals surface area contributed by atoms with E-state index in [-0.39, 0.29) is 5.78 Å². The molecular weight excluding hydrogens is 264 g/mol. The van der Waals surface area contributed by atoms with Crippen LogP contribution in [0.1, 0.15) is 45.0 Å². The minimum atomic E-state index is -0.395. The number of carbonyl (C=O) groups excluding carboxylic acids is 1. The number of hydrogen-bond acceptors (Lipinski definition) is 5. The molecule has 0 unspecified atom stereocenters. The standard InChI is InChI=1S/C16H26N4O/c1-12(2)19-6-8-20(9-7-19)15-17-10-13(11-18-15)14(21)16(3,4)5/h10-12H,6-9H2,1-5H3. The Morgan fingerprint density at radius 1 is 1.10 bits per heavy atom. The highest BCUT2D eigenvalue weighted by atomic mass is 16.1. The first-order chi connectivity index (χ1) is 9.79. The third-order valence-electron chi connectivity index (χ3n) is 3.91. The quantitative estimate of drug-likeness (QED) is 0.799. The van der Waals surface area contributed by atoms with Crippen molar-refractivity contribution in [3.8, 4) is 0 Å². The second-order valence-corrected chi connectivity index (χ2v) is 6.97. The van der Waals surface area contributed by atoms with Gasteiger partial charge in [-0.05, 0) is 13.8 Å². The molecule has 2 heterocycles. The molecule has 1 aromatic heterocycles. The van der Waals surface area contributed by atoms with Crippen molar-refractivity contribution < 1.29 is 4.79 Å². The van der Waals surface area contributed by atoms with Crippen molar-refractivity contribution in [2.75, 3.05) is 31.1 Å². The fourth-order valence-electron chi connectivity index (χ4n) is 2.47. The maximum absolute atomic E-state index is 12.2. The van der Waals surface area contributed by atoms with Crippen LogP contribution in [0.15, 0.2) is 12.4 Å². The fourth-order valence-corrected chi connectivity index (χ4v) is 2.47. The van der Waals surface area contributed by atoms with Crippen LogP contribution < -0.4 is 4.90 Å². The van der Waals surface area contributed by atoms with Crippen LogP contribution in [0.25, 0.3) is 0 Å². The summed E-state index contributed by atoms with van der Waals surface area (Å²) in [6.45, 7) is 14.1. The predicted molar refractivity (Wildman–Crippen MR) is 84.7 cm³/mol. The molecule has 5 heteroatoms. The molecule has 5 nitrogen and oxygen atoms in total. The lowest BCUT2D eigenvalue weighted by atomic mass is 9.88. The Kier molecular flexibility index (Phi) is 4.61. The van der Waals surface area contributed by atoms with Crippen LogP contribution in [-0.2, 0) is 0 Å². The van der Waals surface area contributed by atoms with E-state index in [4.69, 9.17) is 0 Å². The number of aromatic nitrogens is 2. The molecular formula is C16H26N4O. The van der Waals surface area contributed by atoms with Gasteiger partial charge in [0, 0.05) is 50.0 Å². The lowest BCUT2D eigenvalue weighted by Crippen LogP contribution is -2.49. The first-order valence-corrected chi connectivity index (χ1v) is 7.65. The van der Waals surface area contributed by atoms with E-state index in [1.54, 1.807) is 12.4 Å². The molecule has 0 bridgehead atoms.